The normalized spacial score (nSPS) is 11.8. The average molecular weight is 344 g/mol. The van der Waals surface area contributed by atoms with E-state index in [0.717, 1.165) is 12.2 Å². The number of amides is 2. The molecule has 0 aliphatic heterocycles. The Bertz CT molecular complexity index is 526. The predicted molar refractivity (Wildman–Crippen MR) is 93.7 cm³/mol. The molecule has 4 N–H and O–H groups in total. The minimum absolute atomic E-state index is 0.221. The van der Waals surface area contributed by atoms with Crippen molar-refractivity contribution in [3.63, 3.8) is 0 Å². The summed E-state index contributed by atoms with van der Waals surface area (Å²) in [5.41, 5.74) is 6.72. The van der Waals surface area contributed by atoms with E-state index in [-0.39, 0.29) is 11.8 Å². The third-order valence-corrected chi connectivity index (χ3v) is 3.94. The lowest BCUT2D eigenvalue weighted by molar-refractivity contribution is -0.117. The van der Waals surface area contributed by atoms with Gasteiger partial charge in [0, 0.05) is 12.2 Å². The first kappa shape index (κ1) is 18.8. The fourth-order valence-corrected chi connectivity index (χ4v) is 2.48. The summed E-state index contributed by atoms with van der Waals surface area (Å²) in [7, 11) is 0. The second-order valence-corrected chi connectivity index (χ2v) is 6.22. The van der Waals surface area contributed by atoms with E-state index in [1.54, 1.807) is 30.0 Å². The first-order valence-corrected chi connectivity index (χ1v) is 8.89. The summed E-state index contributed by atoms with van der Waals surface area (Å²) in [6.07, 6.45) is 3.43. The van der Waals surface area contributed by atoms with E-state index in [0.29, 0.717) is 29.2 Å². The molecule has 0 unspecified atom stereocenters. The molecule has 1 aromatic carbocycles. The molecule has 0 saturated carbocycles. The number of anilines is 1. The quantitative estimate of drug-likeness (QED) is 0.677. The van der Waals surface area contributed by atoms with E-state index < -0.39 is 6.04 Å². The van der Waals surface area contributed by atoms with Gasteiger partial charge in [0.05, 0.1) is 16.6 Å². The molecule has 0 heterocycles. The Balaban J connectivity index is 2.69. The van der Waals surface area contributed by atoms with E-state index >= 15 is 0 Å². The zero-order chi connectivity index (χ0) is 16.5. The summed E-state index contributed by atoms with van der Waals surface area (Å²) in [6.45, 7) is 2.57. The van der Waals surface area contributed by atoms with Crippen LogP contribution in [0.15, 0.2) is 18.2 Å². The smallest absolute Gasteiger partial charge is 0.252 e. The molecule has 0 aromatic heterocycles. The number of nitrogens with two attached hydrogens (primary N) is 1. The number of carbonyl (C=O) groups is 2. The molecule has 0 fully saturated rings. The molecular weight excluding hydrogens is 322 g/mol. The second kappa shape index (κ2) is 9.71. The third-order valence-electron chi connectivity index (χ3n) is 2.99. The summed E-state index contributed by atoms with van der Waals surface area (Å²) in [5.74, 6) is 0.348. The van der Waals surface area contributed by atoms with Gasteiger partial charge in [0.1, 0.15) is 0 Å². The Morgan fingerprint density at radius 1 is 1.41 bits per heavy atom. The molecule has 0 aliphatic rings. The number of halogens is 1. The Labute approximate surface area is 140 Å². The topological polar surface area (TPSA) is 84.2 Å². The van der Waals surface area contributed by atoms with Gasteiger partial charge in [0.25, 0.3) is 5.91 Å². The van der Waals surface area contributed by atoms with Crippen molar-refractivity contribution in [3.05, 3.63) is 28.8 Å². The fraction of sp³-hybridized carbons (Fsp3) is 0.467. The molecule has 5 nitrogen and oxygen atoms in total. The van der Waals surface area contributed by atoms with Crippen LogP contribution in [0, 0.1) is 0 Å². The molecule has 22 heavy (non-hydrogen) atoms. The Kier molecular flexibility index (Phi) is 8.30. The third kappa shape index (κ3) is 5.87. The molecule has 1 rings (SSSR count). The number of benzene rings is 1. The molecule has 0 spiro atoms. The van der Waals surface area contributed by atoms with Crippen LogP contribution in [0.2, 0.25) is 5.02 Å². The lowest BCUT2D eigenvalue weighted by Crippen LogP contribution is -2.36. The molecule has 1 aromatic rings. The summed E-state index contributed by atoms with van der Waals surface area (Å²) in [6, 6.07) is 4.24. The number of nitrogens with one attached hydrogen (secondary N) is 2. The highest BCUT2D eigenvalue weighted by molar-refractivity contribution is 7.98. The molecule has 0 radical (unpaired) electrons. The van der Waals surface area contributed by atoms with Crippen LogP contribution in [-0.2, 0) is 4.79 Å². The van der Waals surface area contributed by atoms with Gasteiger partial charge in [-0.3, -0.25) is 9.59 Å². The maximum atomic E-state index is 11.9. The molecule has 0 saturated heterocycles. The van der Waals surface area contributed by atoms with Gasteiger partial charge in [-0.15, -0.1) is 0 Å². The SMILES string of the molecule is CCCNC(=O)c1ccc(NC(=O)[C@@H](N)CCSC)cc1Cl. The largest absolute Gasteiger partial charge is 0.352 e. The monoisotopic (exact) mass is 343 g/mol. The predicted octanol–water partition coefficient (Wildman–Crippen LogP) is 2.50. The van der Waals surface area contributed by atoms with E-state index in [9.17, 15) is 9.59 Å². The first-order chi connectivity index (χ1) is 10.5. The van der Waals surface area contributed by atoms with Gasteiger partial charge < -0.3 is 16.4 Å². The van der Waals surface area contributed by atoms with Crippen molar-refractivity contribution in [2.45, 2.75) is 25.8 Å². The van der Waals surface area contributed by atoms with Crippen LogP contribution in [0.3, 0.4) is 0 Å². The fourth-order valence-electron chi connectivity index (χ4n) is 1.72. The number of carbonyl (C=O) groups excluding carboxylic acids is 2. The lowest BCUT2D eigenvalue weighted by Gasteiger charge is -2.13. The van der Waals surface area contributed by atoms with Gasteiger partial charge in [0.2, 0.25) is 5.91 Å². The summed E-state index contributed by atoms with van der Waals surface area (Å²) in [5, 5.41) is 5.76. The van der Waals surface area contributed by atoms with Gasteiger partial charge in [-0.25, -0.2) is 0 Å². The molecular formula is C15H22ClN3O2S. The number of thioether (sulfide) groups is 1. The molecule has 7 heteroatoms. The number of hydrogen-bond donors (Lipinski definition) is 3. The lowest BCUT2D eigenvalue weighted by atomic mass is 10.1. The van der Waals surface area contributed by atoms with E-state index in [1.807, 2.05) is 13.2 Å². The first-order valence-electron chi connectivity index (χ1n) is 7.12. The number of rotatable bonds is 8. The van der Waals surface area contributed by atoms with Crippen LogP contribution < -0.4 is 16.4 Å². The van der Waals surface area contributed by atoms with E-state index in [2.05, 4.69) is 10.6 Å². The maximum absolute atomic E-state index is 11.9. The highest BCUT2D eigenvalue weighted by Gasteiger charge is 2.15. The molecule has 122 valence electrons. The second-order valence-electron chi connectivity index (χ2n) is 4.83. The van der Waals surface area contributed by atoms with Gasteiger partial charge >= 0.3 is 0 Å². The highest BCUT2D eigenvalue weighted by atomic mass is 35.5. The minimum Gasteiger partial charge on any atom is -0.352 e. The minimum atomic E-state index is -0.557. The molecule has 1 atom stereocenters. The van der Waals surface area contributed by atoms with Gasteiger partial charge in [0.15, 0.2) is 0 Å². The molecule has 0 bridgehead atoms. The molecule has 0 aliphatic carbocycles. The van der Waals surface area contributed by atoms with Crippen molar-refractivity contribution in [1.29, 1.82) is 0 Å². The van der Waals surface area contributed by atoms with Gasteiger partial charge in [-0.2, -0.15) is 11.8 Å². The van der Waals surface area contributed by atoms with Gasteiger partial charge in [-0.05, 0) is 43.0 Å². The Morgan fingerprint density at radius 2 is 2.14 bits per heavy atom. The van der Waals surface area contributed by atoms with Crippen LogP contribution in [0.5, 0.6) is 0 Å². The standard InChI is InChI=1S/C15H22ClN3O2S/c1-3-7-18-14(20)11-5-4-10(9-12(11)16)19-15(21)13(17)6-8-22-2/h4-5,9,13H,3,6-8,17H2,1-2H3,(H,18,20)(H,19,21)/t13-/m0/s1. The van der Waals surface area contributed by atoms with Crippen LogP contribution in [0.1, 0.15) is 30.1 Å². The van der Waals surface area contributed by atoms with E-state index in [1.165, 1.54) is 0 Å². The van der Waals surface area contributed by atoms with Crippen molar-refractivity contribution in [2.24, 2.45) is 5.73 Å². The van der Waals surface area contributed by atoms with Crippen molar-refractivity contribution in [3.8, 4) is 0 Å². The van der Waals surface area contributed by atoms with Gasteiger partial charge in [-0.1, -0.05) is 18.5 Å². The summed E-state index contributed by atoms with van der Waals surface area (Å²) in [4.78, 5) is 23.8. The van der Waals surface area contributed by atoms with Crippen molar-refractivity contribution in [2.75, 3.05) is 23.9 Å². The Morgan fingerprint density at radius 3 is 2.73 bits per heavy atom. The van der Waals surface area contributed by atoms with Crippen molar-refractivity contribution >= 4 is 40.9 Å². The van der Waals surface area contributed by atoms with Crippen molar-refractivity contribution < 1.29 is 9.59 Å². The zero-order valence-electron chi connectivity index (χ0n) is 12.8. The van der Waals surface area contributed by atoms with E-state index in [4.69, 9.17) is 17.3 Å². The zero-order valence-corrected chi connectivity index (χ0v) is 14.4. The van der Waals surface area contributed by atoms with Crippen LogP contribution in [0.4, 0.5) is 5.69 Å². The summed E-state index contributed by atoms with van der Waals surface area (Å²) < 4.78 is 0. The van der Waals surface area contributed by atoms with Crippen LogP contribution in [0.25, 0.3) is 0 Å². The maximum Gasteiger partial charge on any atom is 0.252 e. The average Bonchev–Trinajstić information content (AvgIpc) is 2.50. The molecule has 2 amide bonds. The van der Waals surface area contributed by atoms with Crippen molar-refractivity contribution in [1.82, 2.24) is 5.32 Å². The van der Waals surface area contributed by atoms with Crippen LogP contribution in [-0.4, -0.2) is 36.4 Å². The Hall–Kier alpha value is -1.24. The highest BCUT2D eigenvalue weighted by Crippen LogP contribution is 2.21. The number of hydrogen-bond acceptors (Lipinski definition) is 4. The summed E-state index contributed by atoms with van der Waals surface area (Å²) >= 11 is 7.75. The van der Waals surface area contributed by atoms with Crippen LogP contribution >= 0.6 is 23.4 Å².